The first-order chi connectivity index (χ1) is 11.5. The van der Waals surface area contributed by atoms with E-state index in [1.807, 2.05) is 51.1 Å². The van der Waals surface area contributed by atoms with Gasteiger partial charge in [0.25, 0.3) is 0 Å². The van der Waals surface area contributed by atoms with Gasteiger partial charge in [-0.05, 0) is 49.9 Å². The van der Waals surface area contributed by atoms with E-state index in [1.54, 1.807) is 14.2 Å². The number of hydrogen-bond donors (Lipinski definition) is 0. The monoisotopic (exact) mass is 328 g/mol. The van der Waals surface area contributed by atoms with Gasteiger partial charge in [0.1, 0.15) is 5.75 Å². The number of carbonyl (C=O) groups is 1. The highest BCUT2D eigenvalue weighted by atomic mass is 16.5. The molecule has 0 saturated heterocycles. The predicted molar refractivity (Wildman–Crippen MR) is 94.2 cm³/mol. The molecule has 4 heteroatoms. The fourth-order valence-electron chi connectivity index (χ4n) is 2.88. The van der Waals surface area contributed by atoms with Crippen LogP contribution in [0, 0.1) is 20.8 Å². The Kier molecular flexibility index (Phi) is 5.85. The highest BCUT2D eigenvalue weighted by molar-refractivity contribution is 5.74. The SMILES string of the molecule is COc1cccc(CCC(=O)Oc2c(C)cc(C)cc2C)c1OC. The van der Waals surface area contributed by atoms with Crippen LogP contribution in [0.25, 0.3) is 0 Å². The number of methoxy groups -OCH3 is 2. The lowest BCUT2D eigenvalue weighted by atomic mass is 10.1. The highest BCUT2D eigenvalue weighted by Gasteiger charge is 2.14. The maximum atomic E-state index is 12.2. The third-order valence-electron chi connectivity index (χ3n) is 3.90. The van der Waals surface area contributed by atoms with Crippen molar-refractivity contribution in [1.29, 1.82) is 0 Å². The van der Waals surface area contributed by atoms with Gasteiger partial charge in [-0.3, -0.25) is 4.79 Å². The second-order valence-electron chi connectivity index (χ2n) is 5.85. The molecule has 4 nitrogen and oxygen atoms in total. The standard InChI is InChI=1S/C20H24O4/c1-13-11-14(2)19(15(3)12-13)24-18(21)10-9-16-7-6-8-17(22-4)20(16)23-5/h6-8,11-12H,9-10H2,1-5H3. The van der Waals surface area contributed by atoms with Crippen LogP contribution >= 0.6 is 0 Å². The van der Waals surface area contributed by atoms with Crippen molar-refractivity contribution in [3.8, 4) is 17.2 Å². The molecular weight excluding hydrogens is 304 g/mol. The Balaban J connectivity index is 2.07. The second kappa shape index (κ2) is 7.86. The Morgan fingerprint density at radius 2 is 1.62 bits per heavy atom. The molecule has 0 saturated carbocycles. The number of hydrogen-bond acceptors (Lipinski definition) is 4. The van der Waals surface area contributed by atoms with Gasteiger partial charge in [-0.15, -0.1) is 0 Å². The minimum absolute atomic E-state index is 0.255. The van der Waals surface area contributed by atoms with E-state index in [9.17, 15) is 4.79 Å². The number of para-hydroxylation sites is 1. The Labute approximate surface area is 143 Å². The van der Waals surface area contributed by atoms with E-state index in [-0.39, 0.29) is 12.4 Å². The van der Waals surface area contributed by atoms with Crippen LogP contribution in [0.1, 0.15) is 28.7 Å². The molecule has 0 spiro atoms. The quantitative estimate of drug-likeness (QED) is 0.590. The maximum absolute atomic E-state index is 12.2. The molecule has 0 N–H and O–H groups in total. The Morgan fingerprint density at radius 1 is 0.958 bits per heavy atom. The zero-order valence-corrected chi connectivity index (χ0v) is 14.9. The number of aryl methyl sites for hydroxylation is 4. The van der Waals surface area contributed by atoms with E-state index in [2.05, 4.69) is 0 Å². The van der Waals surface area contributed by atoms with Crippen LogP contribution in [0.3, 0.4) is 0 Å². The van der Waals surface area contributed by atoms with Crippen LogP contribution in [0.2, 0.25) is 0 Å². The van der Waals surface area contributed by atoms with Crippen LogP contribution in [-0.2, 0) is 11.2 Å². The molecule has 2 rings (SSSR count). The molecule has 0 bridgehead atoms. The van der Waals surface area contributed by atoms with Gasteiger partial charge in [-0.2, -0.15) is 0 Å². The topological polar surface area (TPSA) is 44.8 Å². The van der Waals surface area contributed by atoms with Gasteiger partial charge in [0.05, 0.1) is 20.6 Å². The zero-order chi connectivity index (χ0) is 17.7. The van der Waals surface area contributed by atoms with Gasteiger partial charge in [0, 0.05) is 0 Å². The summed E-state index contributed by atoms with van der Waals surface area (Å²) < 4.78 is 16.2. The molecule has 0 amide bonds. The van der Waals surface area contributed by atoms with Crippen LogP contribution in [0.15, 0.2) is 30.3 Å². The normalized spacial score (nSPS) is 10.4. The van der Waals surface area contributed by atoms with Gasteiger partial charge in [-0.25, -0.2) is 0 Å². The van der Waals surface area contributed by atoms with E-state index >= 15 is 0 Å². The molecule has 0 unspecified atom stereocenters. The lowest BCUT2D eigenvalue weighted by Gasteiger charge is -2.13. The van der Waals surface area contributed by atoms with E-state index in [0.29, 0.717) is 23.7 Å². The molecule has 0 radical (unpaired) electrons. The molecule has 2 aromatic carbocycles. The lowest BCUT2D eigenvalue weighted by molar-refractivity contribution is -0.134. The van der Waals surface area contributed by atoms with E-state index in [0.717, 1.165) is 22.3 Å². The minimum Gasteiger partial charge on any atom is -0.493 e. The molecule has 0 aliphatic heterocycles. The number of ether oxygens (including phenoxy) is 3. The van der Waals surface area contributed by atoms with Crippen LogP contribution in [0.5, 0.6) is 17.2 Å². The fraction of sp³-hybridized carbons (Fsp3) is 0.350. The van der Waals surface area contributed by atoms with Crippen molar-refractivity contribution in [2.75, 3.05) is 14.2 Å². The summed E-state index contributed by atoms with van der Waals surface area (Å²) in [6, 6.07) is 9.67. The molecule has 0 heterocycles. The molecule has 0 fully saturated rings. The molecule has 0 atom stereocenters. The Morgan fingerprint density at radius 3 is 2.21 bits per heavy atom. The van der Waals surface area contributed by atoms with Gasteiger partial charge < -0.3 is 14.2 Å². The van der Waals surface area contributed by atoms with Crippen molar-refractivity contribution < 1.29 is 19.0 Å². The van der Waals surface area contributed by atoms with Crippen molar-refractivity contribution in [2.24, 2.45) is 0 Å². The fourth-order valence-corrected chi connectivity index (χ4v) is 2.88. The molecule has 0 aliphatic carbocycles. The molecule has 0 aliphatic rings. The zero-order valence-electron chi connectivity index (χ0n) is 14.9. The van der Waals surface area contributed by atoms with Gasteiger partial charge in [0.15, 0.2) is 11.5 Å². The number of rotatable bonds is 6. The highest BCUT2D eigenvalue weighted by Crippen LogP contribution is 2.31. The molecule has 2 aromatic rings. The van der Waals surface area contributed by atoms with Gasteiger partial charge in [-0.1, -0.05) is 29.8 Å². The van der Waals surface area contributed by atoms with Crippen LogP contribution < -0.4 is 14.2 Å². The maximum Gasteiger partial charge on any atom is 0.311 e. The first-order valence-corrected chi connectivity index (χ1v) is 7.94. The Bertz CT molecular complexity index is 711. The summed E-state index contributed by atoms with van der Waals surface area (Å²) in [5, 5.41) is 0. The minimum atomic E-state index is -0.255. The second-order valence-corrected chi connectivity index (χ2v) is 5.85. The summed E-state index contributed by atoms with van der Waals surface area (Å²) in [7, 11) is 3.19. The van der Waals surface area contributed by atoms with E-state index < -0.39 is 0 Å². The lowest BCUT2D eigenvalue weighted by Crippen LogP contribution is -2.11. The van der Waals surface area contributed by atoms with Crippen molar-refractivity contribution in [2.45, 2.75) is 33.6 Å². The van der Waals surface area contributed by atoms with E-state index in [1.165, 1.54) is 0 Å². The average Bonchev–Trinajstić information content (AvgIpc) is 2.55. The van der Waals surface area contributed by atoms with E-state index in [4.69, 9.17) is 14.2 Å². The van der Waals surface area contributed by atoms with Crippen LogP contribution in [0.4, 0.5) is 0 Å². The molecular formula is C20H24O4. The summed E-state index contributed by atoms with van der Waals surface area (Å²) in [6.45, 7) is 5.93. The third kappa shape index (κ3) is 4.07. The van der Waals surface area contributed by atoms with Crippen LogP contribution in [-0.4, -0.2) is 20.2 Å². The third-order valence-corrected chi connectivity index (χ3v) is 3.90. The predicted octanol–water partition coefficient (Wildman–Crippen LogP) is 4.17. The van der Waals surface area contributed by atoms with Crippen molar-refractivity contribution in [3.05, 3.63) is 52.6 Å². The van der Waals surface area contributed by atoms with Gasteiger partial charge in [0.2, 0.25) is 0 Å². The average molecular weight is 328 g/mol. The molecule has 0 aromatic heterocycles. The Hall–Kier alpha value is -2.49. The summed E-state index contributed by atoms with van der Waals surface area (Å²) in [5.41, 5.74) is 4.02. The number of carbonyl (C=O) groups excluding carboxylic acids is 1. The number of benzene rings is 2. The smallest absolute Gasteiger partial charge is 0.311 e. The summed E-state index contributed by atoms with van der Waals surface area (Å²) in [6.07, 6.45) is 0.805. The summed E-state index contributed by atoms with van der Waals surface area (Å²) in [5.74, 6) is 1.72. The molecule has 128 valence electrons. The van der Waals surface area contributed by atoms with Crippen molar-refractivity contribution in [3.63, 3.8) is 0 Å². The van der Waals surface area contributed by atoms with Crippen molar-refractivity contribution >= 4 is 5.97 Å². The van der Waals surface area contributed by atoms with Crippen molar-refractivity contribution in [1.82, 2.24) is 0 Å². The first kappa shape index (κ1) is 17.9. The summed E-state index contributed by atoms with van der Waals surface area (Å²) >= 11 is 0. The number of esters is 1. The largest absolute Gasteiger partial charge is 0.493 e. The molecule has 24 heavy (non-hydrogen) atoms. The first-order valence-electron chi connectivity index (χ1n) is 7.94. The summed E-state index contributed by atoms with van der Waals surface area (Å²) in [4.78, 5) is 12.2. The van der Waals surface area contributed by atoms with Gasteiger partial charge >= 0.3 is 5.97 Å².